The quantitative estimate of drug-likeness (QED) is 0.552. The van der Waals surface area contributed by atoms with Crippen LogP contribution in [0.25, 0.3) is 0 Å². The average Bonchev–Trinajstić information content (AvgIpc) is 2.19. The number of phenolic OH excluding ortho intramolecular Hbond substituents is 1. The predicted octanol–water partition coefficient (Wildman–Crippen LogP) is 1.48. The van der Waals surface area contributed by atoms with Gasteiger partial charge < -0.3 is 15.3 Å². The van der Waals surface area contributed by atoms with E-state index in [-0.39, 0.29) is 11.3 Å². The molecule has 0 aliphatic rings. The maximum absolute atomic E-state index is 11.2. The summed E-state index contributed by atoms with van der Waals surface area (Å²) in [6, 6.07) is 3.14. The zero-order valence-electron chi connectivity index (χ0n) is 8.00. The molecule has 0 aliphatic carbocycles. The lowest BCUT2D eigenvalue weighted by Crippen LogP contribution is -2.03. The maximum Gasteiger partial charge on any atom is 0.341 e. The second-order valence-electron chi connectivity index (χ2n) is 2.89. The number of phenols is 1. The van der Waals surface area contributed by atoms with Crippen molar-refractivity contribution in [3.63, 3.8) is 0 Å². The maximum atomic E-state index is 11.2. The largest absolute Gasteiger partial charge is 0.506 e. The highest BCUT2D eigenvalue weighted by molar-refractivity contribution is 5.96. The Balaban J connectivity index is 3.36. The smallest absolute Gasteiger partial charge is 0.341 e. The number of aryl methyl sites for hydroxylation is 1. The number of nitrogens with one attached hydrogen (secondary N) is 1. The lowest BCUT2D eigenvalue weighted by Gasteiger charge is -2.06. The highest BCUT2D eigenvalue weighted by atomic mass is 16.5. The van der Waals surface area contributed by atoms with E-state index in [9.17, 15) is 9.90 Å². The topological polar surface area (TPSA) is 70.4 Å². The minimum absolute atomic E-state index is 0.0889. The van der Waals surface area contributed by atoms with Crippen LogP contribution in [-0.4, -0.2) is 24.4 Å². The highest BCUT2D eigenvalue weighted by Gasteiger charge is 2.14. The van der Waals surface area contributed by atoms with Gasteiger partial charge in [-0.3, -0.25) is 0 Å². The summed E-state index contributed by atoms with van der Waals surface area (Å²) in [4.78, 5) is 11.2. The van der Waals surface area contributed by atoms with Crippen LogP contribution in [0.1, 0.15) is 21.5 Å². The van der Waals surface area contributed by atoms with Gasteiger partial charge in [0.05, 0.1) is 7.11 Å². The van der Waals surface area contributed by atoms with Gasteiger partial charge in [0.2, 0.25) is 0 Å². The third-order valence-electron chi connectivity index (χ3n) is 1.84. The van der Waals surface area contributed by atoms with Gasteiger partial charge in [0, 0.05) is 11.8 Å². The molecule has 0 heterocycles. The monoisotopic (exact) mass is 193 g/mol. The van der Waals surface area contributed by atoms with Gasteiger partial charge in [0.1, 0.15) is 11.3 Å². The Hall–Kier alpha value is -1.84. The third-order valence-corrected chi connectivity index (χ3v) is 1.84. The summed E-state index contributed by atoms with van der Waals surface area (Å²) >= 11 is 0. The molecule has 4 heteroatoms. The lowest BCUT2D eigenvalue weighted by atomic mass is 10.1. The van der Waals surface area contributed by atoms with E-state index in [0.717, 1.165) is 11.8 Å². The Bertz CT molecular complexity index is 385. The summed E-state index contributed by atoms with van der Waals surface area (Å²) in [7, 11) is 1.24. The molecule has 14 heavy (non-hydrogen) atoms. The van der Waals surface area contributed by atoms with Crippen LogP contribution in [0, 0.1) is 12.3 Å². The average molecular weight is 193 g/mol. The van der Waals surface area contributed by atoms with Crippen LogP contribution in [0.2, 0.25) is 0 Å². The Morgan fingerprint density at radius 1 is 1.57 bits per heavy atom. The number of esters is 1. The van der Waals surface area contributed by atoms with Crippen LogP contribution in [0.3, 0.4) is 0 Å². The molecule has 0 atom stereocenters. The van der Waals surface area contributed by atoms with Crippen LogP contribution in [0.4, 0.5) is 0 Å². The fourth-order valence-corrected chi connectivity index (χ4v) is 1.18. The summed E-state index contributed by atoms with van der Waals surface area (Å²) < 4.78 is 4.50. The van der Waals surface area contributed by atoms with Crippen molar-refractivity contribution in [3.05, 3.63) is 28.8 Å². The molecule has 1 aromatic carbocycles. The van der Waals surface area contributed by atoms with E-state index < -0.39 is 5.97 Å². The first-order valence-corrected chi connectivity index (χ1v) is 4.02. The molecule has 1 rings (SSSR count). The van der Waals surface area contributed by atoms with Gasteiger partial charge in [0.15, 0.2) is 0 Å². The number of aromatic hydroxyl groups is 1. The molecule has 0 saturated heterocycles. The van der Waals surface area contributed by atoms with Crippen molar-refractivity contribution < 1.29 is 14.6 Å². The molecule has 0 aromatic heterocycles. The Morgan fingerprint density at radius 3 is 2.71 bits per heavy atom. The van der Waals surface area contributed by atoms with Crippen LogP contribution >= 0.6 is 0 Å². The van der Waals surface area contributed by atoms with Crippen molar-refractivity contribution in [2.45, 2.75) is 6.92 Å². The molecule has 0 bridgehead atoms. The van der Waals surface area contributed by atoms with Gasteiger partial charge >= 0.3 is 5.97 Å². The van der Waals surface area contributed by atoms with Crippen molar-refractivity contribution in [2.24, 2.45) is 0 Å². The summed E-state index contributed by atoms with van der Waals surface area (Å²) in [6.07, 6.45) is 0.995. The number of methoxy groups -OCH3 is 1. The van der Waals surface area contributed by atoms with Crippen LogP contribution in [0.5, 0.6) is 5.75 Å². The van der Waals surface area contributed by atoms with E-state index in [0.29, 0.717) is 5.56 Å². The van der Waals surface area contributed by atoms with E-state index in [4.69, 9.17) is 5.41 Å². The zero-order chi connectivity index (χ0) is 10.7. The number of hydrogen-bond donors (Lipinski definition) is 2. The molecule has 0 amide bonds. The molecule has 1 aromatic rings. The summed E-state index contributed by atoms with van der Waals surface area (Å²) in [5.74, 6) is -0.813. The van der Waals surface area contributed by atoms with Crippen molar-refractivity contribution in [1.82, 2.24) is 0 Å². The van der Waals surface area contributed by atoms with E-state index >= 15 is 0 Å². The van der Waals surface area contributed by atoms with Gasteiger partial charge in [0.25, 0.3) is 0 Å². The lowest BCUT2D eigenvalue weighted by molar-refractivity contribution is 0.0597. The summed E-state index contributed by atoms with van der Waals surface area (Å²) in [6.45, 7) is 1.78. The molecule has 0 fully saturated rings. The molecule has 0 aliphatic heterocycles. The first-order valence-electron chi connectivity index (χ1n) is 4.02. The van der Waals surface area contributed by atoms with E-state index in [1.54, 1.807) is 13.0 Å². The minimum Gasteiger partial charge on any atom is -0.506 e. The summed E-state index contributed by atoms with van der Waals surface area (Å²) in [5, 5.41) is 16.6. The number of benzene rings is 1. The first-order chi connectivity index (χ1) is 6.60. The van der Waals surface area contributed by atoms with Crippen molar-refractivity contribution in [2.75, 3.05) is 7.11 Å². The highest BCUT2D eigenvalue weighted by Crippen LogP contribution is 2.23. The molecule has 2 N–H and O–H groups in total. The normalized spacial score (nSPS) is 9.57. The standard InChI is InChI=1S/C10H11NO3/c1-6-3-7(5-11)9(12)8(4-6)10(13)14-2/h3-5,11-12H,1-2H3. The summed E-state index contributed by atoms with van der Waals surface area (Å²) in [5.41, 5.74) is 1.19. The number of carbonyl (C=O) groups is 1. The molecular formula is C10H11NO3. The molecule has 0 unspecified atom stereocenters. The van der Waals surface area contributed by atoms with Crippen LogP contribution in [0.15, 0.2) is 12.1 Å². The minimum atomic E-state index is -0.603. The Morgan fingerprint density at radius 2 is 2.21 bits per heavy atom. The number of rotatable bonds is 2. The molecule has 4 nitrogen and oxygen atoms in total. The van der Waals surface area contributed by atoms with Gasteiger partial charge in [-0.25, -0.2) is 4.79 Å². The molecular weight excluding hydrogens is 182 g/mol. The molecule has 74 valence electrons. The van der Waals surface area contributed by atoms with Crippen molar-refractivity contribution in [3.8, 4) is 5.75 Å². The van der Waals surface area contributed by atoms with Gasteiger partial charge in [-0.05, 0) is 24.6 Å². The molecule has 0 spiro atoms. The second kappa shape index (κ2) is 3.91. The Kier molecular flexibility index (Phi) is 2.86. The van der Waals surface area contributed by atoms with Gasteiger partial charge in [-0.15, -0.1) is 0 Å². The van der Waals surface area contributed by atoms with Crippen molar-refractivity contribution in [1.29, 1.82) is 5.41 Å². The SMILES string of the molecule is COC(=O)c1cc(C)cc(C=N)c1O. The molecule has 0 saturated carbocycles. The fraction of sp³-hybridized carbons (Fsp3) is 0.200. The Labute approximate surface area is 81.6 Å². The predicted molar refractivity (Wildman–Crippen MR) is 52.1 cm³/mol. The van der Waals surface area contributed by atoms with Gasteiger partial charge in [-0.1, -0.05) is 0 Å². The third kappa shape index (κ3) is 1.74. The molecule has 0 radical (unpaired) electrons. The van der Waals surface area contributed by atoms with Crippen LogP contribution in [-0.2, 0) is 4.74 Å². The fourth-order valence-electron chi connectivity index (χ4n) is 1.18. The van der Waals surface area contributed by atoms with E-state index in [1.165, 1.54) is 13.2 Å². The van der Waals surface area contributed by atoms with E-state index in [2.05, 4.69) is 4.74 Å². The second-order valence-corrected chi connectivity index (χ2v) is 2.89. The number of hydrogen-bond acceptors (Lipinski definition) is 4. The van der Waals surface area contributed by atoms with Crippen molar-refractivity contribution >= 4 is 12.2 Å². The van der Waals surface area contributed by atoms with Gasteiger partial charge in [-0.2, -0.15) is 0 Å². The first kappa shape index (κ1) is 10.2. The zero-order valence-corrected chi connectivity index (χ0v) is 8.00. The van der Waals surface area contributed by atoms with Crippen LogP contribution < -0.4 is 0 Å². The number of carbonyl (C=O) groups excluding carboxylic acids is 1. The number of ether oxygens (including phenoxy) is 1. The van der Waals surface area contributed by atoms with E-state index in [1.807, 2.05) is 0 Å².